The van der Waals surface area contributed by atoms with Gasteiger partial charge in [0.25, 0.3) is 0 Å². The predicted octanol–water partition coefficient (Wildman–Crippen LogP) is 2.54. The Morgan fingerprint density at radius 1 is 1.25 bits per heavy atom. The van der Waals surface area contributed by atoms with Gasteiger partial charge in [-0.1, -0.05) is 27.7 Å². The van der Waals surface area contributed by atoms with E-state index in [1.165, 1.54) is 6.92 Å². The fourth-order valence-electron chi connectivity index (χ4n) is 1.32. The summed E-state index contributed by atoms with van der Waals surface area (Å²) in [5.74, 6) is -0.104. The molecule has 0 fully saturated rings. The summed E-state index contributed by atoms with van der Waals surface area (Å²) < 4.78 is 0. The van der Waals surface area contributed by atoms with Crippen LogP contribution in [-0.4, -0.2) is 17.7 Å². The van der Waals surface area contributed by atoms with Gasteiger partial charge in [0.2, 0.25) is 5.91 Å². The van der Waals surface area contributed by atoms with Gasteiger partial charge in [-0.05, 0) is 25.7 Å². The zero-order chi connectivity index (χ0) is 12.9. The molecule has 3 nitrogen and oxygen atoms in total. The summed E-state index contributed by atoms with van der Waals surface area (Å²) in [6.07, 6.45) is 1.06. The van der Waals surface area contributed by atoms with Crippen molar-refractivity contribution in [1.29, 1.82) is 0 Å². The van der Waals surface area contributed by atoms with Crippen molar-refractivity contribution in [2.24, 2.45) is 11.3 Å². The number of hydrogen-bond donors (Lipinski definition) is 1. The largest absolute Gasteiger partial charge is 0.353 e. The normalized spacial score (nSPS) is 15.4. The van der Waals surface area contributed by atoms with E-state index >= 15 is 0 Å². The van der Waals surface area contributed by atoms with Crippen LogP contribution in [0, 0.1) is 11.3 Å². The highest BCUT2D eigenvalue weighted by molar-refractivity contribution is 5.85. The zero-order valence-corrected chi connectivity index (χ0v) is 11.4. The lowest BCUT2D eigenvalue weighted by Crippen LogP contribution is -2.44. The molecule has 0 saturated carbocycles. The molecule has 0 bridgehead atoms. The SMILES string of the molecule is CCC(CC(C)=O)C(=O)NC(C)C(C)(C)C. The van der Waals surface area contributed by atoms with E-state index in [4.69, 9.17) is 0 Å². The fourth-order valence-corrected chi connectivity index (χ4v) is 1.32. The van der Waals surface area contributed by atoms with Crippen molar-refractivity contribution in [2.75, 3.05) is 0 Å². The molecule has 16 heavy (non-hydrogen) atoms. The minimum Gasteiger partial charge on any atom is -0.353 e. The number of hydrogen-bond acceptors (Lipinski definition) is 2. The van der Waals surface area contributed by atoms with E-state index in [9.17, 15) is 9.59 Å². The molecule has 0 saturated heterocycles. The van der Waals surface area contributed by atoms with Gasteiger partial charge >= 0.3 is 0 Å². The van der Waals surface area contributed by atoms with E-state index in [-0.39, 0.29) is 29.1 Å². The molecule has 0 spiro atoms. The lowest BCUT2D eigenvalue weighted by molar-refractivity contribution is -0.130. The molecule has 0 aromatic heterocycles. The minimum atomic E-state index is -0.178. The first kappa shape index (κ1) is 15.1. The molecular formula is C13H25NO2. The summed E-state index contributed by atoms with van der Waals surface area (Å²) >= 11 is 0. The van der Waals surface area contributed by atoms with Crippen molar-refractivity contribution in [1.82, 2.24) is 5.32 Å². The van der Waals surface area contributed by atoms with Crippen molar-refractivity contribution < 1.29 is 9.59 Å². The molecule has 0 aliphatic heterocycles. The summed E-state index contributed by atoms with van der Waals surface area (Å²) in [4.78, 5) is 22.9. The molecule has 0 heterocycles. The summed E-state index contributed by atoms with van der Waals surface area (Å²) in [5, 5.41) is 2.99. The Labute approximate surface area is 99.0 Å². The number of nitrogens with one attached hydrogen (secondary N) is 1. The second-order valence-corrected chi connectivity index (χ2v) is 5.61. The second-order valence-electron chi connectivity index (χ2n) is 5.61. The minimum absolute atomic E-state index is 0.000116. The molecule has 0 rings (SSSR count). The number of Topliss-reactive ketones (excluding diaryl/α,β-unsaturated/α-hetero) is 1. The van der Waals surface area contributed by atoms with E-state index < -0.39 is 0 Å². The van der Waals surface area contributed by atoms with Crippen LogP contribution in [0.4, 0.5) is 0 Å². The van der Waals surface area contributed by atoms with E-state index in [0.29, 0.717) is 12.8 Å². The molecule has 1 N–H and O–H groups in total. The van der Waals surface area contributed by atoms with E-state index in [2.05, 4.69) is 26.1 Å². The number of rotatable bonds is 5. The third kappa shape index (κ3) is 5.29. The topological polar surface area (TPSA) is 46.2 Å². The zero-order valence-electron chi connectivity index (χ0n) is 11.4. The summed E-state index contributed by atoms with van der Waals surface area (Å²) in [6.45, 7) is 11.7. The molecule has 2 unspecified atom stereocenters. The maximum absolute atomic E-state index is 11.9. The average molecular weight is 227 g/mol. The first-order valence-corrected chi connectivity index (χ1v) is 5.98. The molecule has 0 aromatic rings. The fraction of sp³-hybridized carbons (Fsp3) is 0.846. The van der Waals surface area contributed by atoms with Crippen LogP contribution in [0.2, 0.25) is 0 Å². The molecular weight excluding hydrogens is 202 g/mol. The smallest absolute Gasteiger partial charge is 0.223 e. The van der Waals surface area contributed by atoms with Crippen LogP contribution in [0.3, 0.4) is 0 Å². The van der Waals surface area contributed by atoms with Crippen LogP contribution in [0.25, 0.3) is 0 Å². The Bertz CT molecular complexity index is 253. The van der Waals surface area contributed by atoms with E-state index in [0.717, 1.165) is 0 Å². The quantitative estimate of drug-likeness (QED) is 0.784. The van der Waals surface area contributed by atoms with E-state index in [1.54, 1.807) is 0 Å². The van der Waals surface area contributed by atoms with Crippen molar-refractivity contribution in [3.63, 3.8) is 0 Å². The van der Waals surface area contributed by atoms with Crippen LogP contribution in [-0.2, 0) is 9.59 Å². The van der Waals surface area contributed by atoms with Crippen molar-refractivity contribution >= 4 is 11.7 Å². The highest BCUT2D eigenvalue weighted by atomic mass is 16.2. The first-order chi connectivity index (χ1) is 7.18. The Balaban J connectivity index is 4.37. The molecule has 1 amide bonds. The van der Waals surface area contributed by atoms with Crippen molar-refractivity contribution in [2.45, 2.75) is 60.4 Å². The lowest BCUT2D eigenvalue weighted by Gasteiger charge is -2.29. The van der Waals surface area contributed by atoms with Crippen LogP contribution in [0.1, 0.15) is 54.4 Å². The maximum Gasteiger partial charge on any atom is 0.223 e. The molecule has 3 heteroatoms. The Morgan fingerprint density at radius 2 is 1.75 bits per heavy atom. The van der Waals surface area contributed by atoms with Crippen LogP contribution in [0.5, 0.6) is 0 Å². The van der Waals surface area contributed by atoms with Gasteiger partial charge in [0.05, 0.1) is 0 Å². The highest BCUT2D eigenvalue weighted by Gasteiger charge is 2.25. The maximum atomic E-state index is 11.9. The predicted molar refractivity (Wildman–Crippen MR) is 66.1 cm³/mol. The first-order valence-electron chi connectivity index (χ1n) is 5.98. The van der Waals surface area contributed by atoms with Gasteiger partial charge < -0.3 is 10.1 Å². The Morgan fingerprint density at radius 3 is 2.06 bits per heavy atom. The average Bonchev–Trinajstić information content (AvgIpc) is 2.11. The summed E-state index contributed by atoms with van der Waals surface area (Å²) in [6, 6.07) is 0.112. The number of amides is 1. The van der Waals surface area contributed by atoms with Gasteiger partial charge in [-0.3, -0.25) is 4.79 Å². The molecule has 94 valence electrons. The van der Waals surface area contributed by atoms with Gasteiger partial charge in [0.1, 0.15) is 5.78 Å². The third-order valence-corrected chi connectivity index (χ3v) is 3.06. The molecule has 2 atom stereocenters. The molecule has 0 radical (unpaired) electrons. The van der Waals surface area contributed by atoms with Gasteiger partial charge in [-0.2, -0.15) is 0 Å². The van der Waals surface area contributed by atoms with Crippen molar-refractivity contribution in [3.8, 4) is 0 Å². The van der Waals surface area contributed by atoms with Crippen molar-refractivity contribution in [3.05, 3.63) is 0 Å². The second kappa shape index (κ2) is 6.02. The summed E-state index contributed by atoms with van der Waals surface area (Å²) in [7, 11) is 0. The lowest BCUT2D eigenvalue weighted by atomic mass is 9.87. The van der Waals surface area contributed by atoms with Crippen LogP contribution in [0.15, 0.2) is 0 Å². The molecule has 0 aromatic carbocycles. The highest BCUT2D eigenvalue weighted by Crippen LogP contribution is 2.19. The standard InChI is InChI=1S/C13H25NO2/c1-7-11(8-9(2)15)12(16)14-10(3)13(4,5)6/h10-11H,7-8H2,1-6H3,(H,14,16). The van der Waals surface area contributed by atoms with Gasteiger partial charge in [-0.15, -0.1) is 0 Å². The molecule has 0 aliphatic rings. The Hall–Kier alpha value is -0.860. The van der Waals surface area contributed by atoms with Gasteiger partial charge in [0, 0.05) is 18.4 Å². The monoisotopic (exact) mass is 227 g/mol. The van der Waals surface area contributed by atoms with Crippen LogP contribution < -0.4 is 5.32 Å². The number of ketones is 1. The van der Waals surface area contributed by atoms with Gasteiger partial charge in [0.15, 0.2) is 0 Å². The van der Waals surface area contributed by atoms with Crippen LogP contribution >= 0.6 is 0 Å². The molecule has 0 aliphatic carbocycles. The summed E-state index contributed by atoms with van der Waals surface area (Å²) in [5.41, 5.74) is 0.0458. The number of carbonyl (C=O) groups excluding carboxylic acids is 2. The van der Waals surface area contributed by atoms with Gasteiger partial charge in [-0.25, -0.2) is 0 Å². The van der Waals surface area contributed by atoms with E-state index in [1.807, 2.05) is 13.8 Å². The number of carbonyl (C=O) groups is 2. The Kier molecular flexibility index (Phi) is 5.70. The third-order valence-electron chi connectivity index (χ3n) is 3.06.